The van der Waals surface area contributed by atoms with Crippen LogP contribution in [-0.2, 0) is 4.74 Å². The molecule has 1 atom stereocenters. The van der Waals surface area contributed by atoms with E-state index >= 15 is 0 Å². The zero-order chi connectivity index (χ0) is 7.52. The highest BCUT2D eigenvalue weighted by Gasteiger charge is 2.25. The zero-order valence-corrected chi connectivity index (χ0v) is 7.35. The van der Waals surface area contributed by atoms with Gasteiger partial charge in [-0.1, -0.05) is 11.9 Å². The molecule has 2 saturated heterocycles. The Balaban J connectivity index is 1.82. The minimum absolute atomic E-state index is 0.344. The standard InChI is InChI=1S/C7H13N2OS/c1-3-9(11-5-1)7-6-10-4-2-8-7/h7H,1-6H2. The highest BCUT2D eigenvalue weighted by atomic mass is 32.2. The van der Waals surface area contributed by atoms with Crippen LogP contribution in [0.2, 0.25) is 0 Å². The van der Waals surface area contributed by atoms with Crippen molar-refractivity contribution in [3.63, 3.8) is 0 Å². The molecule has 2 rings (SSSR count). The number of nitrogens with zero attached hydrogens (tertiary/aromatic N) is 2. The van der Waals surface area contributed by atoms with Gasteiger partial charge in [0.25, 0.3) is 0 Å². The summed E-state index contributed by atoms with van der Waals surface area (Å²) < 4.78 is 7.69. The van der Waals surface area contributed by atoms with Gasteiger partial charge in [-0.2, -0.15) is 0 Å². The van der Waals surface area contributed by atoms with Crippen LogP contribution in [0, 0.1) is 0 Å². The van der Waals surface area contributed by atoms with Crippen LogP contribution in [0.3, 0.4) is 0 Å². The maximum absolute atomic E-state index is 5.35. The fourth-order valence-electron chi connectivity index (χ4n) is 1.38. The third-order valence-electron chi connectivity index (χ3n) is 1.95. The Morgan fingerprint density at radius 2 is 2.55 bits per heavy atom. The molecule has 11 heavy (non-hydrogen) atoms. The monoisotopic (exact) mass is 173 g/mol. The lowest BCUT2D eigenvalue weighted by Crippen LogP contribution is -2.45. The van der Waals surface area contributed by atoms with Gasteiger partial charge < -0.3 is 4.74 Å². The second-order valence-corrected chi connectivity index (χ2v) is 3.92. The molecule has 0 aliphatic carbocycles. The van der Waals surface area contributed by atoms with Crippen molar-refractivity contribution in [2.75, 3.05) is 32.1 Å². The van der Waals surface area contributed by atoms with Crippen LogP contribution >= 0.6 is 11.9 Å². The van der Waals surface area contributed by atoms with Crippen LogP contribution in [0.5, 0.6) is 0 Å². The van der Waals surface area contributed by atoms with Gasteiger partial charge in [0.05, 0.1) is 13.2 Å². The Morgan fingerprint density at radius 3 is 3.18 bits per heavy atom. The molecule has 0 N–H and O–H groups in total. The fourth-order valence-corrected chi connectivity index (χ4v) is 2.43. The zero-order valence-electron chi connectivity index (χ0n) is 6.53. The molecule has 63 valence electrons. The molecule has 2 aliphatic heterocycles. The smallest absolute Gasteiger partial charge is 0.109 e. The summed E-state index contributed by atoms with van der Waals surface area (Å²) in [5.74, 6) is 1.26. The topological polar surface area (TPSA) is 26.6 Å². The van der Waals surface area contributed by atoms with Gasteiger partial charge in [-0.3, -0.25) is 0 Å². The average Bonchev–Trinajstić information content (AvgIpc) is 2.58. The SMILES string of the molecule is C1CSN(C2COCC[N]2)C1. The molecule has 0 spiro atoms. The highest BCUT2D eigenvalue weighted by Crippen LogP contribution is 2.23. The predicted octanol–water partition coefficient (Wildman–Crippen LogP) is 0.301. The van der Waals surface area contributed by atoms with Crippen LogP contribution in [0.1, 0.15) is 6.42 Å². The largest absolute Gasteiger partial charge is 0.377 e. The van der Waals surface area contributed by atoms with E-state index in [-0.39, 0.29) is 0 Å². The minimum Gasteiger partial charge on any atom is -0.377 e. The van der Waals surface area contributed by atoms with Crippen molar-refractivity contribution < 1.29 is 4.74 Å². The molecule has 0 bridgehead atoms. The number of rotatable bonds is 1. The van der Waals surface area contributed by atoms with Crippen molar-refractivity contribution >= 4 is 11.9 Å². The Kier molecular flexibility index (Phi) is 2.68. The molecule has 0 amide bonds. The summed E-state index contributed by atoms with van der Waals surface area (Å²) in [5.41, 5.74) is 0. The summed E-state index contributed by atoms with van der Waals surface area (Å²) in [4.78, 5) is 0. The van der Waals surface area contributed by atoms with Gasteiger partial charge >= 0.3 is 0 Å². The van der Waals surface area contributed by atoms with E-state index < -0.39 is 0 Å². The van der Waals surface area contributed by atoms with Crippen LogP contribution in [0.15, 0.2) is 0 Å². The molecule has 0 aromatic carbocycles. The molecule has 3 nitrogen and oxygen atoms in total. The van der Waals surface area contributed by atoms with Gasteiger partial charge in [-0.25, -0.2) is 9.62 Å². The molecule has 0 aromatic heterocycles. The van der Waals surface area contributed by atoms with Crippen LogP contribution in [0.25, 0.3) is 0 Å². The van der Waals surface area contributed by atoms with E-state index in [4.69, 9.17) is 4.74 Å². The van der Waals surface area contributed by atoms with Gasteiger partial charge in [-0.05, 0) is 6.42 Å². The van der Waals surface area contributed by atoms with Crippen LogP contribution in [-0.4, -0.2) is 42.5 Å². The Morgan fingerprint density at radius 1 is 1.55 bits per heavy atom. The molecule has 2 heterocycles. The Labute approximate surface area is 71.6 Å². The predicted molar refractivity (Wildman–Crippen MR) is 45.4 cm³/mol. The van der Waals surface area contributed by atoms with Gasteiger partial charge in [0.1, 0.15) is 6.17 Å². The summed E-state index contributed by atoms with van der Waals surface area (Å²) in [6, 6.07) is 0. The third kappa shape index (κ3) is 1.87. The van der Waals surface area contributed by atoms with E-state index in [1.54, 1.807) is 0 Å². The summed E-state index contributed by atoms with van der Waals surface area (Å²) in [5, 5.41) is 4.49. The lowest BCUT2D eigenvalue weighted by molar-refractivity contribution is 0.0408. The number of morpholine rings is 1. The van der Waals surface area contributed by atoms with E-state index in [1.165, 1.54) is 18.7 Å². The second-order valence-electron chi connectivity index (χ2n) is 2.79. The molecule has 2 aliphatic rings. The first-order chi connectivity index (χ1) is 5.47. The van der Waals surface area contributed by atoms with E-state index in [2.05, 4.69) is 9.62 Å². The summed E-state index contributed by atoms with van der Waals surface area (Å²) >= 11 is 1.91. The average molecular weight is 173 g/mol. The van der Waals surface area contributed by atoms with Crippen LogP contribution in [0.4, 0.5) is 0 Å². The molecular formula is C7H13N2OS. The Bertz CT molecular complexity index is 122. The number of hydrogen-bond acceptors (Lipinski definition) is 3. The van der Waals surface area contributed by atoms with Crippen molar-refractivity contribution in [2.45, 2.75) is 12.6 Å². The van der Waals surface area contributed by atoms with Gasteiger partial charge in [-0.15, -0.1) is 0 Å². The normalized spacial score (nSPS) is 34.4. The van der Waals surface area contributed by atoms with Gasteiger partial charge in [0.15, 0.2) is 0 Å². The molecule has 4 heteroatoms. The first-order valence-electron chi connectivity index (χ1n) is 4.11. The van der Waals surface area contributed by atoms with Crippen molar-refractivity contribution in [2.24, 2.45) is 0 Å². The second kappa shape index (κ2) is 3.76. The molecule has 1 radical (unpaired) electrons. The molecular weight excluding hydrogens is 160 g/mol. The van der Waals surface area contributed by atoms with Crippen LogP contribution < -0.4 is 5.32 Å². The van der Waals surface area contributed by atoms with E-state index in [0.29, 0.717) is 6.17 Å². The molecule has 0 aromatic rings. The Hall–Kier alpha value is 0.230. The first kappa shape index (κ1) is 7.86. The fraction of sp³-hybridized carbons (Fsp3) is 1.00. The van der Waals surface area contributed by atoms with Crippen molar-refractivity contribution in [3.8, 4) is 0 Å². The van der Waals surface area contributed by atoms with E-state index in [9.17, 15) is 0 Å². The first-order valence-corrected chi connectivity index (χ1v) is 5.05. The lowest BCUT2D eigenvalue weighted by atomic mass is 10.4. The molecule has 0 saturated carbocycles. The lowest BCUT2D eigenvalue weighted by Gasteiger charge is -2.28. The van der Waals surface area contributed by atoms with Crippen molar-refractivity contribution in [3.05, 3.63) is 0 Å². The van der Waals surface area contributed by atoms with Crippen molar-refractivity contribution in [1.29, 1.82) is 0 Å². The van der Waals surface area contributed by atoms with Gasteiger partial charge in [0.2, 0.25) is 0 Å². The molecule has 1 unspecified atom stereocenters. The van der Waals surface area contributed by atoms with E-state index in [0.717, 1.165) is 19.8 Å². The third-order valence-corrected chi connectivity index (χ3v) is 3.18. The summed E-state index contributed by atoms with van der Waals surface area (Å²) in [6.07, 6.45) is 1.65. The van der Waals surface area contributed by atoms with Gasteiger partial charge in [0, 0.05) is 18.8 Å². The molecule has 2 fully saturated rings. The maximum atomic E-state index is 5.35. The van der Waals surface area contributed by atoms with Crippen molar-refractivity contribution in [1.82, 2.24) is 9.62 Å². The minimum atomic E-state index is 0.344. The number of hydrogen-bond donors (Lipinski definition) is 0. The highest BCUT2D eigenvalue weighted by molar-refractivity contribution is 7.97. The van der Waals surface area contributed by atoms with E-state index in [1.807, 2.05) is 11.9 Å². The quantitative estimate of drug-likeness (QED) is 0.534. The summed E-state index contributed by atoms with van der Waals surface area (Å²) in [6.45, 7) is 3.67. The number of ether oxygens (including phenoxy) is 1. The summed E-state index contributed by atoms with van der Waals surface area (Å²) in [7, 11) is 0. The maximum Gasteiger partial charge on any atom is 0.109 e.